The smallest absolute Gasteiger partial charge is 0.225 e. The maximum absolute atomic E-state index is 9.36. The topological polar surface area (TPSA) is 128 Å². The molecular formula is C11H16ClN7O2. The number of nitrogens with zero attached hydrogens (tertiary/aromatic N) is 4. The van der Waals surface area contributed by atoms with Gasteiger partial charge in [0.2, 0.25) is 11.2 Å². The Balaban J connectivity index is 2.48. The lowest BCUT2D eigenvalue weighted by Gasteiger charge is -2.12. The molecular weight excluding hydrogens is 298 g/mol. The second kappa shape index (κ2) is 6.66. The van der Waals surface area contributed by atoms with Gasteiger partial charge in [0.15, 0.2) is 11.6 Å². The molecule has 0 aliphatic rings. The minimum Gasteiger partial charge on any atom is -0.394 e. The molecule has 2 heterocycles. The van der Waals surface area contributed by atoms with E-state index in [9.17, 15) is 5.11 Å². The molecule has 2 aromatic heterocycles. The first-order valence-corrected chi connectivity index (χ1v) is 6.60. The van der Waals surface area contributed by atoms with Crippen molar-refractivity contribution in [3.8, 4) is 0 Å². The van der Waals surface area contributed by atoms with Crippen LogP contribution in [0.1, 0.15) is 0 Å². The number of rotatable bonds is 6. The number of anilines is 3. The Morgan fingerprint density at radius 2 is 1.67 bits per heavy atom. The van der Waals surface area contributed by atoms with Crippen LogP contribution in [0.2, 0.25) is 5.28 Å². The fourth-order valence-electron chi connectivity index (χ4n) is 1.69. The maximum Gasteiger partial charge on any atom is 0.225 e. The molecule has 0 fully saturated rings. The molecule has 10 heteroatoms. The Hall–Kier alpha value is -1.97. The monoisotopic (exact) mass is 313 g/mol. The van der Waals surface area contributed by atoms with Crippen molar-refractivity contribution in [2.24, 2.45) is 0 Å². The third kappa shape index (κ3) is 3.38. The molecule has 0 saturated carbocycles. The van der Waals surface area contributed by atoms with Gasteiger partial charge < -0.3 is 26.2 Å². The van der Waals surface area contributed by atoms with Crippen molar-refractivity contribution in [2.75, 3.05) is 43.2 Å². The molecule has 1 unspecified atom stereocenters. The Morgan fingerprint density at radius 3 is 2.29 bits per heavy atom. The van der Waals surface area contributed by atoms with Gasteiger partial charge in [-0.2, -0.15) is 9.97 Å². The van der Waals surface area contributed by atoms with Crippen LogP contribution >= 0.6 is 11.6 Å². The van der Waals surface area contributed by atoms with Crippen LogP contribution in [0.15, 0.2) is 0 Å². The van der Waals surface area contributed by atoms with Crippen LogP contribution in [0.4, 0.5) is 17.6 Å². The summed E-state index contributed by atoms with van der Waals surface area (Å²) in [6.07, 6.45) is -0.896. The van der Waals surface area contributed by atoms with Crippen molar-refractivity contribution in [1.29, 1.82) is 0 Å². The van der Waals surface area contributed by atoms with E-state index >= 15 is 0 Å². The molecule has 0 aliphatic carbocycles. The molecule has 0 amide bonds. The lowest BCUT2D eigenvalue weighted by atomic mass is 10.3. The average molecular weight is 314 g/mol. The largest absolute Gasteiger partial charge is 0.394 e. The third-order valence-corrected chi connectivity index (χ3v) is 2.87. The molecule has 0 aromatic carbocycles. The van der Waals surface area contributed by atoms with E-state index in [4.69, 9.17) is 16.7 Å². The Bertz CT molecular complexity index is 639. The zero-order valence-electron chi connectivity index (χ0n) is 11.6. The molecule has 5 N–H and O–H groups in total. The zero-order valence-corrected chi connectivity index (χ0v) is 12.3. The molecule has 9 nitrogen and oxygen atoms in total. The summed E-state index contributed by atoms with van der Waals surface area (Å²) in [7, 11) is 3.39. The number of hydrogen-bond donors (Lipinski definition) is 5. The molecule has 1 atom stereocenters. The SMILES string of the molecule is CNc1nc(NCC(O)CO)nc2c(NC)nc(Cl)nc12. The van der Waals surface area contributed by atoms with E-state index in [-0.39, 0.29) is 24.4 Å². The van der Waals surface area contributed by atoms with Gasteiger partial charge in [0.05, 0.1) is 12.7 Å². The number of aromatic nitrogens is 4. The van der Waals surface area contributed by atoms with E-state index in [0.717, 1.165) is 0 Å². The van der Waals surface area contributed by atoms with E-state index in [0.29, 0.717) is 22.7 Å². The lowest BCUT2D eigenvalue weighted by molar-refractivity contribution is 0.105. The van der Waals surface area contributed by atoms with Gasteiger partial charge in [-0.05, 0) is 11.6 Å². The van der Waals surface area contributed by atoms with Crippen LogP contribution in [-0.2, 0) is 0 Å². The molecule has 2 rings (SSSR count). The molecule has 21 heavy (non-hydrogen) atoms. The van der Waals surface area contributed by atoms with E-state index in [1.54, 1.807) is 14.1 Å². The number of nitrogens with one attached hydrogen (secondary N) is 3. The van der Waals surface area contributed by atoms with Crippen LogP contribution < -0.4 is 16.0 Å². The number of halogens is 1. The van der Waals surface area contributed by atoms with Gasteiger partial charge in [0.1, 0.15) is 11.0 Å². The van der Waals surface area contributed by atoms with Crippen molar-refractivity contribution in [3.63, 3.8) is 0 Å². The summed E-state index contributed by atoms with van der Waals surface area (Å²) in [6, 6.07) is 0. The lowest BCUT2D eigenvalue weighted by Crippen LogP contribution is -2.24. The van der Waals surface area contributed by atoms with Crippen LogP contribution in [0.25, 0.3) is 11.0 Å². The van der Waals surface area contributed by atoms with Gasteiger partial charge in [-0.25, -0.2) is 9.97 Å². The average Bonchev–Trinajstić information content (AvgIpc) is 2.51. The highest BCUT2D eigenvalue weighted by Gasteiger charge is 2.14. The predicted octanol–water partition coefficient (Wildman–Crippen LogP) is -0.0783. The Kier molecular flexibility index (Phi) is 4.89. The molecule has 0 bridgehead atoms. The van der Waals surface area contributed by atoms with Crippen LogP contribution in [-0.4, -0.2) is 63.5 Å². The molecule has 2 aromatic rings. The Labute approximate surface area is 125 Å². The summed E-state index contributed by atoms with van der Waals surface area (Å²) < 4.78 is 0. The highest BCUT2D eigenvalue weighted by molar-refractivity contribution is 6.29. The second-order valence-corrected chi connectivity index (χ2v) is 4.49. The zero-order chi connectivity index (χ0) is 15.4. The number of hydrogen-bond acceptors (Lipinski definition) is 9. The molecule has 114 valence electrons. The van der Waals surface area contributed by atoms with Crippen LogP contribution in [0.3, 0.4) is 0 Å². The standard InChI is InChI=1S/C11H16ClN7O2/c1-13-8-7-6(16-10(12)18-8)9(14-2)19-11(17-7)15-3-5(21)4-20/h5,20-21H,3-4H2,1-2H3,(H,13,16,18)(H2,14,15,17,19). The highest BCUT2D eigenvalue weighted by Crippen LogP contribution is 2.26. The van der Waals surface area contributed by atoms with Crippen LogP contribution in [0.5, 0.6) is 0 Å². The summed E-state index contributed by atoms with van der Waals surface area (Å²) in [6.45, 7) is -0.228. The molecule has 0 saturated heterocycles. The molecule has 0 aliphatic heterocycles. The summed E-state index contributed by atoms with van der Waals surface area (Å²) in [4.78, 5) is 16.7. The van der Waals surface area contributed by atoms with E-state index in [2.05, 4.69) is 35.9 Å². The van der Waals surface area contributed by atoms with Crippen LogP contribution in [0, 0.1) is 0 Å². The highest BCUT2D eigenvalue weighted by atomic mass is 35.5. The van der Waals surface area contributed by atoms with Crippen molar-refractivity contribution in [1.82, 2.24) is 19.9 Å². The van der Waals surface area contributed by atoms with Gasteiger partial charge in [0.25, 0.3) is 0 Å². The fourth-order valence-corrected chi connectivity index (χ4v) is 1.86. The first kappa shape index (κ1) is 15.4. The van der Waals surface area contributed by atoms with Gasteiger partial charge in [-0.15, -0.1) is 0 Å². The predicted molar refractivity (Wildman–Crippen MR) is 80.8 cm³/mol. The van der Waals surface area contributed by atoms with E-state index in [1.807, 2.05) is 0 Å². The number of aliphatic hydroxyl groups excluding tert-OH is 2. The first-order chi connectivity index (χ1) is 10.1. The fraction of sp³-hybridized carbons (Fsp3) is 0.455. The minimum absolute atomic E-state index is 0.0864. The van der Waals surface area contributed by atoms with Gasteiger partial charge in [0, 0.05) is 20.6 Å². The Morgan fingerprint density at radius 1 is 1.05 bits per heavy atom. The summed E-state index contributed by atoms with van der Waals surface area (Å²) >= 11 is 5.87. The van der Waals surface area contributed by atoms with Crippen molar-refractivity contribution in [2.45, 2.75) is 6.10 Å². The second-order valence-electron chi connectivity index (χ2n) is 4.15. The van der Waals surface area contributed by atoms with Crippen molar-refractivity contribution < 1.29 is 10.2 Å². The van der Waals surface area contributed by atoms with E-state index < -0.39 is 6.10 Å². The molecule has 0 spiro atoms. The van der Waals surface area contributed by atoms with Crippen molar-refractivity contribution >= 4 is 40.2 Å². The maximum atomic E-state index is 9.36. The number of fused-ring (bicyclic) bond motifs is 1. The summed E-state index contributed by atoms with van der Waals surface area (Å²) in [5.74, 6) is 1.22. The number of aliphatic hydroxyl groups is 2. The van der Waals surface area contributed by atoms with Gasteiger partial charge in [-0.1, -0.05) is 0 Å². The van der Waals surface area contributed by atoms with Gasteiger partial charge in [-0.3, -0.25) is 0 Å². The normalized spacial score (nSPS) is 12.2. The third-order valence-electron chi connectivity index (χ3n) is 2.70. The molecule has 0 radical (unpaired) electrons. The summed E-state index contributed by atoms with van der Waals surface area (Å²) in [5, 5.41) is 26.9. The summed E-state index contributed by atoms with van der Waals surface area (Å²) in [5.41, 5.74) is 0.970. The quantitative estimate of drug-likeness (QED) is 0.465. The minimum atomic E-state index is -0.896. The van der Waals surface area contributed by atoms with Gasteiger partial charge >= 0.3 is 0 Å². The van der Waals surface area contributed by atoms with E-state index in [1.165, 1.54) is 0 Å². The first-order valence-electron chi connectivity index (χ1n) is 6.22. The van der Waals surface area contributed by atoms with Crippen molar-refractivity contribution in [3.05, 3.63) is 5.28 Å².